The molecular formula is C27H19Cl3FNO4. The number of nitrogens with zero attached hydrogens (tertiary/aromatic N) is 1. The molecule has 0 saturated carbocycles. The molecule has 1 aromatic heterocycles. The third-order valence-corrected chi connectivity index (χ3v) is 6.38. The fraction of sp³-hybridized carbons (Fsp3) is 0.111. The van der Waals surface area contributed by atoms with Gasteiger partial charge in [0.25, 0.3) is 5.91 Å². The number of carbonyl (C=O) groups is 2. The highest BCUT2D eigenvalue weighted by Crippen LogP contribution is 2.29. The first kappa shape index (κ1) is 25.8. The maximum absolute atomic E-state index is 13.6. The van der Waals surface area contributed by atoms with Crippen LogP contribution in [0.4, 0.5) is 4.39 Å². The Morgan fingerprint density at radius 3 is 2.33 bits per heavy atom. The van der Waals surface area contributed by atoms with Gasteiger partial charge in [0.1, 0.15) is 23.4 Å². The maximum atomic E-state index is 13.6. The number of aliphatic carboxylic acids is 1. The second kappa shape index (κ2) is 11.2. The molecular weight excluding hydrogens is 528 g/mol. The molecule has 1 heterocycles. The van der Waals surface area contributed by atoms with Crippen molar-refractivity contribution in [2.45, 2.75) is 19.0 Å². The van der Waals surface area contributed by atoms with E-state index in [2.05, 4.69) is 0 Å². The minimum atomic E-state index is -1.22. The van der Waals surface area contributed by atoms with Crippen molar-refractivity contribution < 1.29 is 23.5 Å². The molecule has 1 amide bonds. The summed E-state index contributed by atoms with van der Waals surface area (Å²) in [7, 11) is 0. The van der Waals surface area contributed by atoms with E-state index >= 15 is 0 Å². The van der Waals surface area contributed by atoms with Crippen molar-refractivity contribution in [3.05, 3.63) is 117 Å². The summed E-state index contributed by atoms with van der Waals surface area (Å²) < 4.78 is 19.4. The number of furan rings is 1. The summed E-state index contributed by atoms with van der Waals surface area (Å²) in [6, 6.07) is 19.6. The van der Waals surface area contributed by atoms with Gasteiger partial charge < -0.3 is 14.4 Å². The summed E-state index contributed by atoms with van der Waals surface area (Å²) >= 11 is 18.2. The zero-order valence-electron chi connectivity index (χ0n) is 18.6. The quantitative estimate of drug-likeness (QED) is 0.250. The van der Waals surface area contributed by atoms with E-state index in [1.54, 1.807) is 36.4 Å². The van der Waals surface area contributed by atoms with Gasteiger partial charge in [-0.1, -0.05) is 65.1 Å². The zero-order chi connectivity index (χ0) is 25.8. The van der Waals surface area contributed by atoms with Gasteiger partial charge in [-0.15, -0.1) is 0 Å². The topological polar surface area (TPSA) is 70.8 Å². The Morgan fingerprint density at radius 1 is 0.917 bits per heavy atom. The van der Waals surface area contributed by atoms with Crippen LogP contribution in [0.1, 0.15) is 21.7 Å². The highest BCUT2D eigenvalue weighted by atomic mass is 35.5. The van der Waals surface area contributed by atoms with E-state index in [1.807, 2.05) is 6.07 Å². The average molecular weight is 547 g/mol. The van der Waals surface area contributed by atoms with E-state index in [9.17, 15) is 19.1 Å². The third-order valence-electron chi connectivity index (χ3n) is 5.55. The molecule has 5 nitrogen and oxygen atoms in total. The molecule has 1 atom stereocenters. The van der Waals surface area contributed by atoms with Crippen molar-refractivity contribution >= 4 is 46.7 Å². The Labute approximate surface area is 221 Å². The van der Waals surface area contributed by atoms with Crippen LogP contribution in [0.2, 0.25) is 15.1 Å². The Kier molecular flexibility index (Phi) is 7.99. The van der Waals surface area contributed by atoms with Crippen molar-refractivity contribution in [3.8, 4) is 11.3 Å². The lowest BCUT2D eigenvalue weighted by molar-refractivity contribution is -0.142. The average Bonchev–Trinajstić information content (AvgIpc) is 3.32. The van der Waals surface area contributed by atoms with Gasteiger partial charge in [0.15, 0.2) is 0 Å². The summed E-state index contributed by atoms with van der Waals surface area (Å²) in [6.45, 7) is -0.156. The first-order chi connectivity index (χ1) is 17.2. The van der Waals surface area contributed by atoms with E-state index in [0.29, 0.717) is 22.1 Å². The molecule has 0 radical (unpaired) electrons. The molecule has 36 heavy (non-hydrogen) atoms. The molecule has 1 unspecified atom stereocenters. The van der Waals surface area contributed by atoms with Crippen LogP contribution < -0.4 is 0 Å². The molecule has 0 aliphatic heterocycles. The van der Waals surface area contributed by atoms with E-state index in [-0.39, 0.29) is 28.6 Å². The molecule has 1 N–H and O–H groups in total. The lowest BCUT2D eigenvalue weighted by Gasteiger charge is -2.29. The predicted molar refractivity (Wildman–Crippen MR) is 137 cm³/mol. The van der Waals surface area contributed by atoms with Crippen molar-refractivity contribution in [3.63, 3.8) is 0 Å². The number of carbonyl (C=O) groups excluding carboxylic acids is 1. The molecule has 0 spiro atoms. The van der Waals surface area contributed by atoms with Crippen molar-refractivity contribution in [2.75, 3.05) is 0 Å². The summed E-state index contributed by atoms with van der Waals surface area (Å²) in [6.07, 6.45) is 0.0637. The number of hydrogen-bond donors (Lipinski definition) is 1. The van der Waals surface area contributed by atoms with Crippen LogP contribution in [0.5, 0.6) is 0 Å². The molecule has 0 saturated heterocycles. The molecule has 0 fully saturated rings. The van der Waals surface area contributed by atoms with Crippen LogP contribution in [-0.2, 0) is 17.8 Å². The van der Waals surface area contributed by atoms with Crippen molar-refractivity contribution in [1.82, 2.24) is 4.90 Å². The van der Waals surface area contributed by atoms with Crippen LogP contribution in [0.15, 0.2) is 83.3 Å². The Hall–Kier alpha value is -3.32. The van der Waals surface area contributed by atoms with Crippen molar-refractivity contribution in [2.24, 2.45) is 0 Å². The molecule has 9 heteroatoms. The third kappa shape index (κ3) is 5.90. The van der Waals surface area contributed by atoms with E-state index < -0.39 is 23.7 Å². The highest BCUT2D eigenvalue weighted by molar-refractivity contribution is 6.36. The van der Waals surface area contributed by atoms with Crippen LogP contribution >= 0.6 is 34.8 Å². The monoisotopic (exact) mass is 545 g/mol. The first-order valence-corrected chi connectivity index (χ1v) is 11.9. The molecule has 0 aliphatic carbocycles. The summed E-state index contributed by atoms with van der Waals surface area (Å²) in [4.78, 5) is 27.2. The van der Waals surface area contributed by atoms with Gasteiger partial charge in [-0.2, -0.15) is 0 Å². The lowest BCUT2D eigenvalue weighted by Crippen LogP contribution is -2.46. The molecule has 4 rings (SSSR count). The highest BCUT2D eigenvalue weighted by Gasteiger charge is 2.32. The molecule has 0 aliphatic rings. The van der Waals surface area contributed by atoms with E-state index in [0.717, 1.165) is 5.56 Å². The number of carboxylic acid groups (broad SMARTS) is 1. The van der Waals surface area contributed by atoms with Gasteiger partial charge in [0.2, 0.25) is 0 Å². The number of halogens is 4. The normalized spacial score (nSPS) is 11.8. The van der Waals surface area contributed by atoms with Crippen LogP contribution in [-0.4, -0.2) is 27.9 Å². The second-order valence-corrected chi connectivity index (χ2v) is 9.25. The summed E-state index contributed by atoms with van der Waals surface area (Å²) in [5.74, 6) is -1.63. The fourth-order valence-corrected chi connectivity index (χ4v) is 4.41. The van der Waals surface area contributed by atoms with E-state index in [4.69, 9.17) is 39.2 Å². The maximum Gasteiger partial charge on any atom is 0.326 e. The summed E-state index contributed by atoms with van der Waals surface area (Å²) in [5.41, 5.74) is 1.38. The number of rotatable bonds is 8. The molecule has 0 bridgehead atoms. The SMILES string of the molecule is O=C(O)C(Cc1ccccc1)N(Cc1ccc(-c2ccc(F)c(Cl)c2)o1)C(=O)c1ccc(Cl)cc1Cl. The Balaban J connectivity index is 1.70. The number of amides is 1. The van der Waals surface area contributed by atoms with Gasteiger partial charge in [-0.3, -0.25) is 4.79 Å². The minimum absolute atomic E-state index is 0.0616. The van der Waals surface area contributed by atoms with Gasteiger partial charge >= 0.3 is 5.97 Å². The minimum Gasteiger partial charge on any atom is -0.480 e. The largest absolute Gasteiger partial charge is 0.480 e. The van der Waals surface area contributed by atoms with Gasteiger partial charge in [-0.05, 0) is 54.1 Å². The zero-order valence-corrected chi connectivity index (χ0v) is 20.9. The predicted octanol–water partition coefficient (Wildman–Crippen LogP) is 7.38. The number of carboxylic acids is 1. The number of hydrogen-bond acceptors (Lipinski definition) is 3. The van der Waals surface area contributed by atoms with Gasteiger partial charge in [0, 0.05) is 17.0 Å². The molecule has 184 valence electrons. The van der Waals surface area contributed by atoms with Crippen LogP contribution in [0.3, 0.4) is 0 Å². The van der Waals surface area contributed by atoms with Crippen LogP contribution in [0.25, 0.3) is 11.3 Å². The van der Waals surface area contributed by atoms with E-state index in [1.165, 1.54) is 41.3 Å². The standard InChI is InChI=1S/C27H19Cl3FNO4/c28-18-7-9-20(21(29)14-18)26(33)32(24(27(34)35)12-16-4-2-1-3-5-16)15-19-8-11-25(36-19)17-6-10-23(31)22(30)13-17/h1-11,13-14,24H,12,15H2,(H,34,35). The van der Waals surface area contributed by atoms with Crippen molar-refractivity contribution in [1.29, 1.82) is 0 Å². The number of benzene rings is 3. The molecule has 4 aromatic rings. The fourth-order valence-electron chi connectivity index (χ4n) is 3.74. The molecule has 3 aromatic carbocycles. The lowest BCUT2D eigenvalue weighted by atomic mass is 10.0. The Morgan fingerprint density at radius 2 is 1.67 bits per heavy atom. The second-order valence-electron chi connectivity index (χ2n) is 8.00. The van der Waals surface area contributed by atoms with Gasteiger partial charge in [-0.25, -0.2) is 9.18 Å². The first-order valence-electron chi connectivity index (χ1n) is 10.8. The smallest absolute Gasteiger partial charge is 0.326 e. The summed E-state index contributed by atoms with van der Waals surface area (Å²) in [5, 5.41) is 10.5. The Bertz CT molecular complexity index is 1410. The van der Waals surface area contributed by atoms with Crippen LogP contribution in [0, 0.1) is 5.82 Å². The van der Waals surface area contributed by atoms with Gasteiger partial charge in [0.05, 0.1) is 22.2 Å².